The fourth-order valence-corrected chi connectivity index (χ4v) is 2.55. The quantitative estimate of drug-likeness (QED) is 0.497. The van der Waals surface area contributed by atoms with Crippen molar-refractivity contribution in [2.24, 2.45) is 0 Å². The number of aliphatic hydroxyl groups is 1. The lowest BCUT2D eigenvalue weighted by Gasteiger charge is -2.28. The van der Waals surface area contributed by atoms with Crippen LogP contribution >= 0.6 is 0 Å². The van der Waals surface area contributed by atoms with E-state index >= 15 is 0 Å². The Morgan fingerprint density at radius 1 is 1.44 bits per heavy atom. The Hall–Kier alpha value is -0.690. The number of nitrogens with one attached hydrogen (secondary N) is 3. The Balaban J connectivity index is 1.75. The van der Waals surface area contributed by atoms with Gasteiger partial charge in [-0.2, -0.15) is 0 Å². The van der Waals surface area contributed by atoms with Gasteiger partial charge in [-0.1, -0.05) is 0 Å². The second-order valence-corrected chi connectivity index (χ2v) is 5.10. The molecule has 104 valence electrons. The summed E-state index contributed by atoms with van der Waals surface area (Å²) in [5.74, 6) is -0.0967. The van der Waals surface area contributed by atoms with E-state index in [1.165, 1.54) is 6.92 Å². The number of amides is 1. The number of rotatable bonds is 4. The predicted octanol–water partition coefficient (Wildman–Crippen LogP) is -1.41. The Morgan fingerprint density at radius 2 is 2.17 bits per heavy atom. The predicted molar refractivity (Wildman–Crippen MR) is 67.2 cm³/mol. The molecule has 3 atom stereocenters. The van der Waals surface area contributed by atoms with E-state index in [9.17, 15) is 9.90 Å². The van der Waals surface area contributed by atoms with Crippen LogP contribution in [0.5, 0.6) is 0 Å². The Morgan fingerprint density at radius 3 is 2.83 bits per heavy atom. The summed E-state index contributed by atoms with van der Waals surface area (Å²) in [7, 11) is 0. The van der Waals surface area contributed by atoms with E-state index in [-0.39, 0.29) is 18.1 Å². The second-order valence-electron chi connectivity index (χ2n) is 5.10. The molecule has 6 nitrogen and oxygen atoms in total. The molecule has 6 heteroatoms. The third-order valence-corrected chi connectivity index (χ3v) is 3.62. The second kappa shape index (κ2) is 6.47. The Labute approximate surface area is 107 Å². The molecule has 4 N–H and O–H groups in total. The van der Waals surface area contributed by atoms with Crippen LogP contribution in [0.4, 0.5) is 0 Å². The third kappa shape index (κ3) is 3.65. The van der Waals surface area contributed by atoms with Crippen LogP contribution in [0.3, 0.4) is 0 Å². The van der Waals surface area contributed by atoms with Crippen LogP contribution in [-0.4, -0.2) is 61.5 Å². The maximum absolute atomic E-state index is 10.8. The van der Waals surface area contributed by atoms with Crippen LogP contribution in [0.1, 0.15) is 19.8 Å². The molecule has 0 radical (unpaired) electrons. The van der Waals surface area contributed by atoms with Crippen LogP contribution in [0.15, 0.2) is 0 Å². The highest BCUT2D eigenvalue weighted by atomic mass is 16.5. The number of piperidine rings is 1. The van der Waals surface area contributed by atoms with Gasteiger partial charge in [-0.25, -0.2) is 0 Å². The molecule has 2 saturated heterocycles. The van der Waals surface area contributed by atoms with E-state index < -0.39 is 6.10 Å². The van der Waals surface area contributed by atoms with Gasteiger partial charge >= 0.3 is 0 Å². The number of hydrogen-bond acceptors (Lipinski definition) is 5. The lowest BCUT2D eigenvalue weighted by Crippen LogP contribution is -2.50. The zero-order chi connectivity index (χ0) is 13.0. The van der Waals surface area contributed by atoms with E-state index in [0.717, 1.165) is 25.9 Å². The summed E-state index contributed by atoms with van der Waals surface area (Å²) < 4.78 is 5.53. The molecule has 0 aromatic carbocycles. The van der Waals surface area contributed by atoms with Gasteiger partial charge < -0.3 is 25.8 Å². The highest BCUT2D eigenvalue weighted by Crippen LogP contribution is 2.16. The smallest absolute Gasteiger partial charge is 0.216 e. The minimum absolute atomic E-state index is 0.0214. The molecule has 1 amide bonds. The van der Waals surface area contributed by atoms with Gasteiger partial charge in [0, 0.05) is 19.5 Å². The fourth-order valence-electron chi connectivity index (χ4n) is 2.55. The van der Waals surface area contributed by atoms with Gasteiger partial charge in [0.1, 0.15) is 6.10 Å². The van der Waals surface area contributed by atoms with Crippen LogP contribution in [-0.2, 0) is 9.53 Å². The molecule has 18 heavy (non-hydrogen) atoms. The van der Waals surface area contributed by atoms with Crippen molar-refractivity contribution in [3.8, 4) is 0 Å². The maximum Gasteiger partial charge on any atom is 0.216 e. The molecule has 2 rings (SSSR count). The van der Waals surface area contributed by atoms with Crippen molar-refractivity contribution >= 4 is 5.91 Å². The highest BCUT2D eigenvalue weighted by Gasteiger charge is 2.36. The molecule has 2 heterocycles. The first-order valence-corrected chi connectivity index (χ1v) is 6.67. The third-order valence-electron chi connectivity index (χ3n) is 3.62. The molecule has 2 aliphatic rings. The van der Waals surface area contributed by atoms with Gasteiger partial charge in [0.05, 0.1) is 18.8 Å². The zero-order valence-electron chi connectivity index (χ0n) is 10.8. The van der Waals surface area contributed by atoms with Gasteiger partial charge in [0.25, 0.3) is 0 Å². The van der Waals surface area contributed by atoms with E-state index in [4.69, 9.17) is 4.74 Å². The molecule has 0 spiro atoms. The molecular formula is C12H23N3O3. The largest absolute Gasteiger partial charge is 0.389 e. The molecule has 2 fully saturated rings. The van der Waals surface area contributed by atoms with Gasteiger partial charge in [0.15, 0.2) is 0 Å². The van der Waals surface area contributed by atoms with Crippen molar-refractivity contribution in [2.75, 3.05) is 26.2 Å². The average molecular weight is 257 g/mol. The van der Waals surface area contributed by atoms with Crippen LogP contribution in [0, 0.1) is 0 Å². The molecule has 0 unspecified atom stereocenters. The number of hydrogen-bond donors (Lipinski definition) is 4. The van der Waals surface area contributed by atoms with E-state index in [0.29, 0.717) is 19.2 Å². The van der Waals surface area contributed by atoms with Crippen molar-refractivity contribution in [3.05, 3.63) is 0 Å². The topological polar surface area (TPSA) is 82.6 Å². The van der Waals surface area contributed by atoms with E-state index in [2.05, 4.69) is 16.0 Å². The van der Waals surface area contributed by atoms with Gasteiger partial charge in [-0.3, -0.25) is 4.79 Å². The minimum atomic E-state index is -0.549. The number of carbonyl (C=O) groups excluding carboxylic acids is 1. The molecule has 0 aromatic rings. The summed E-state index contributed by atoms with van der Waals surface area (Å²) in [6.45, 7) is 4.40. The minimum Gasteiger partial charge on any atom is -0.389 e. The average Bonchev–Trinajstić information content (AvgIpc) is 2.70. The van der Waals surface area contributed by atoms with Crippen LogP contribution < -0.4 is 16.0 Å². The summed E-state index contributed by atoms with van der Waals surface area (Å²) in [6, 6.07) is 0.431. The zero-order valence-corrected chi connectivity index (χ0v) is 10.8. The maximum atomic E-state index is 10.8. The van der Waals surface area contributed by atoms with Crippen molar-refractivity contribution in [1.29, 1.82) is 0 Å². The number of carbonyl (C=O) groups is 1. The molecule has 0 bridgehead atoms. The van der Waals surface area contributed by atoms with E-state index in [1.807, 2.05) is 0 Å². The molecule has 0 aliphatic carbocycles. The SMILES string of the molecule is CC(=O)NC[C@H]1OC[C@@H](NC2CCNCC2)[C@@H]1O. The standard InChI is InChI=1S/C12H23N3O3/c1-8(16)14-6-11-12(17)10(7-18-11)15-9-2-4-13-5-3-9/h9-13,15,17H,2-7H2,1H3,(H,14,16)/t10-,11-,12+/m1/s1. The van der Waals surface area contributed by atoms with Crippen molar-refractivity contribution in [2.45, 2.75) is 44.1 Å². The summed E-state index contributed by atoms with van der Waals surface area (Å²) in [5.41, 5.74) is 0. The Kier molecular flexibility index (Phi) is 4.94. The lowest BCUT2D eigenvalue weighted by molar-refractivity contribution is -0.119. The first kappa shape index (κ1) is 13.7. The molecule has 0 aromatic heterocycles. The van der Waals surface area contributed by atoms with Crippen LogP contribution in [0.2, 0.25) is 0 Å². The summed E-state index contributed by atoms with van der Waals surface area (Å²) in [5, 5.41) is 19.6. The normalized spacial score (nSPS) is 33.6. The van der Waals surface area contributed by atoms with E-state index in [1.54, 1.807) is 0 Å². The Bertz CT molecular complexity index is 282. The first-order valence-electron chi connectivity index (χ1n) is 6.67. The molecule has 0 saturated carbocycles. The molecular weight excluding hydrogens is 234 g/mol. The van der Waals surface area contributed by atoms with Gasteiger partial charge in [0.2, 0.25) is 5.91 Å². The fraction of sp³-hybridized carbons (Fsp3) is 0.917. The van der Waals surface area contributed by atoms with Crippen molar-refractivity contribution in [1.82, 2.24) is 16.0 Å². The van der Waals surface area contributed by atoms with Gasteiger partial charge in [-0.05, 0) is 25.9 Å². The van der Waals surface area contributed by atoms with Crippen molar-refractivity contribution < 1.29 is 14.6 Å². The molecule has 2 aliphatic heterocycles. The monoisotopic (exact) mass is 257 g/mol. The number of ether oxygens (including phenoxy) is 1. The summed E-state index contributed by atoms with van der Waals surface area (Å²) >= 11 is 0. The van der Waals surface area contributed by atoms with Crippen LogP contribution in [0.25, 0.3) is 0 Å². The lowest BCUT2D eigenvalue weighted by atomic mass is 10.0. The first-order chi connectivity index (χ1) is 8.66. The van der Waals surface area contributed by atoms with Crippen molar-refractivity contribution in [3.63, 3.8) is 0 Å². The summed E-state index contributed by atoms with van der Waals surface area (Å²) in [6.07, 6.45) is 1.32. The number of aliphatic hydroxyl groups excluding tert-OH is 1. The highest BCUT2D eigenvalue weighted by molar-refractivity contribution is 5.72. The summed E-state index contributed by atoms with van der Waals surface area (Å²) in [4.78, 5) is 10.8. The van der Waals surface area contributed by atoms with Gasteiger partial charge in [-0.15, -0.1) is 0 Å².